The molecule has 5 rings (SSSR count). The number of benzene rings is 2. The van der Waals surface area contributed by atoms with Gasteiger partial charge in [-0.3, -0.25) is 9.48 Å². The van der Waals surface area contributed by atoms with E-state index >= 15 is 0 Å². The Hall–Kier alpha value is -4.02. The lowest BCUT2D eigenvalue weighted by molar-refractivity contribution is -0.137. The van der Waals surface area contributed by atoms with Gasteiger partial charge in [0.05, 0.1) is 17.7 Å². The molecule has 1 aliphatic rings. The zero-order valence-electron chi connectivity index (χ0n) is 17.8. The number of hydrogen-bond donors (Lipinski definition) is 0. The third-order valence-electron chi connectivity index (χ3n) is 5.72. The minimum Gasteiger partial charge on any atom is -0.414 e. The van der Waals surface area contributed by atoms with Crippen molar-refractivity contribution in [2.45, 2.75) is 19.1 Å². The molecule has 0 spiro atoms. The molecule has 4 aromatic rings. The van der Waals surface area contributed by atoms with E-state index in [9.17, 15) is 22.4 Å². The molecule has 11 heteroatoms. The molecule has 0 atom stereocenters. The maximum absolute atomic E-state index is 14.1. The molecular formula is C23H17F4N5O2. The molecule has 0 saturated heterocycles. The van der Waals surface area contributed by atoms with E-state index in [2.05, 4.69) is 15.3 Å². The molecule has 0 saturated carbocycles. The van der Waals surface area contributed by atoms with E-state index in [0.717, 1.165) is 17.8 Å². The van der Waals surface area contributed by atoms with E-state index in [1.807, 2.05) is 0 Å². The lowest BCUT2D eigenvalue weighted by Crippen LogP contribution is -2.36. The summed E-state index contributed by atoms with van der Waals surface area (Å²) >= 11 is 0. The summed E-state index contributed by atoms with van der Waals surface area (Å²) in [6.07, 6.45) is -3.99. The van der Waals surface area contributed by atoms with Gasteiger partial charge < -0.3 is 9.32 Å². The molecule has 2 aromatic heterocycles. The van der Waals surface area contributed by atoms with Gasteiger partial charge in [0.1, 0.15) is 5.82 Å². The highest BCUT2D eigenvalue weighted by molar-refractivity contribution is 5.94. The van der Waals surface area contributed by atoms with Crippen molar-refractivity contribution in [1.29, 1.82) is 0 Å². The van der Waals surface area contributed by atoms with Crippen molar-refractivity contribution < 1.29 is 26.8 Å². The Morgan fingerprint density at radius 1 is 1.03 bits per heavy atom. The predicted octanol–water partition coefficient (Wildman–Crippen LogP) is 4.49. The highest BCUT2D eigenvalue weighted by Crippen LogP contribution is 2.33. The normalized spacial score (nSPS) is 13.7. The van der Waals surface area contributed by atoms with Crippen molar-refractivity contribution in [3.63, 3.8) is 0 Å². The molecule has 34 heavy (non-hydrogen) atoms. The Morgan fingerprint density at radius 3 is 2.44 bits per heavy atom. The molecule has 0 bridgehead atoms. The van der Waals surface area contributed by atoms with Crippen molar-refractivity contribution in [3.8, 4) is 23.0 Å². The first-order valence-electron chi connectivity index (χ1n) is 10.3. The highest BCUT2D eigenvalue weighted by Gasteiger charge is 2.32. The Balaban J connectivity index is 1.43. The van der Waals surface area contributed by atoms with Crippen LogP contribution in [0.4, 0.5) is 17.6 Å². The van der Waals surface area contributed by atoms with Crippen LogP contribution in [0.2, 0.25) is 0 Å². The van der Waals surface area contributed by atoms with E-state index in [1.165, 1.54) is 29.2 Å². The molecule has 3 heterocycles. The van der Waals surface area contributed by atoms with Crippen LogP contribution in [-0.2, 0) is 26.2 Å². The van der Waals surface area contributed by atoms with Crippen LogP contribution < -0.4 is 0 Å². The van der Waals surface area contributed by atoms with Gasteiger partial charge in [-0.1, -0.05) is 12.1 Å². The fourth-order valence-electron chi connectivity index (χ4n) is 3.98. The van der Waals surface area contributed by atoms with Crippen LogP contribution >= 0.6 is 0 Å². The number of fused-ring (bicyclic) bond motifs is 1. The molecule has 7 nitrogen and oxygen atoms in total. The van der Waals surface area contributed by atoms with Crippen LogP contribution in [-0.4, -0.2) is 37.3 Å². The topological polar surface area (TPSA) is 77.1 Å². The second-order valence-electron chi connectivity index (χ2n) is 7.84. The van der Waals surface area contributed by atoms with Crippen LogP contribution in [0, 0.1) is 5.82 Å². The Kier molecular flexibility index (Phi) is 5.18. The summed E-state index contributed by atoms with van der Waals surface area (Å²) in [5.41, 5.74) is 1.43. The maximum Gasteiger partial charge on any atom is 0.416 e. The monoisotopic (exact) mass is 471 g/mol. The smallest absolute Gasteiger partial charge is 0.414 e. The van der Waals surface area contributed by atoms with Crippen molar-refractivity contribution in [3.05, 3.63) is 76.7 Å². The molecule has 0 aliphatic carbocycles. The number of carbonyl (C=O) groups is 1. The van der Waals surface area contributed by atoms with E-state index in [4.69, 9.17) is 4.42 Å². The van der Waals surface area contributed by atoms with Gasteiger partial charge in [0.2, 0.25) is 0 Å². The molecular weight excluding hydrogens is 454 g/mol. The zero-order valence-corrected chi connectivity index (χ0v) is 17.8. The average Bonchev–Trinajstić information content (AvgIpc) is 3.43. The SMILES string of the molecule is Cn1nc(-c2nnc(-c3ccccc3F)o2)c2c1CCN(C(=O)c1ccc(C(F)(F)F)cc1)C2. The van der Waals surface area contributed by atoms with Crippen molar-refractivity contribution in [2.75, 3.05) is 6.54 Å². The second-order valence-corrected chi connectivity index (χ2v) is 7.84. The quantitative estimate of drug-likeness (QED) is 0.412. The van der Waals surface area contributed by atoms with Gasteiger partial charge in [0.15, 0.2) is 5.69 Å². The summed E-state index contributed by atoms with van der Waals surface area (Å²) in [4.78, 5) is 14.5. The minimum absolute atomic E-state index is 0.000925. The largest absolute Gasteiger partial charge is 0.416 e. The van der Waals surface area contributed by atoms with E-state index < -0.39 is 23.5 Å². The number of halogens is 4. The van der Waals surface area contributed by atoms with E-state index in [0.29, 0.717) is 24.2 Å². The Bertz CT molecular complexity index is 1380. The van der Waals surface area contributed by atoms with Gasteiger partial charge in [-0.15, -0.1) is 10.2 Å². The average molecular weight is 471 g/mol. The van der Waals surface area contributed by atoms with E-state index in [1.54, 1.807) is 23.9 Å². The van der Waals surface area contributed by atoms with Crippen molar-refractivity contribution in [2.24, 2.45) is 7.05 Å². The van der Waals surface area contributed by atoms with Gasteiger partial charge in [0.25, 0.3) is 17.7 Å². The molecule has 0 N–H and O–H groups in total. The molecule has 0 unspecified atom stereocenters. The highest BCUT2D eigenvalue weighted by atomic mass is 19.4. The van der Waals surface area contributed by atoms with Gasteiger partial charge in [0, 0.05) is 36.8 Å². The number of aromatic nitrogens is 4. The molecule has 1 aliphatic heterocycles. The first kappa shape index (κ1) is 21.8. The lowest BCUT2D eigenvalue weighted by Gasteiger charge is -2.27. The molecule has 0 fully saturated rings. The number of carbonyl (C=O) groups excluding carboxylic acids is 1. The molecule has 1 amide bonds. The predicted molar refractivity (Wildman–Crippen MR) is 112 cm³/mol. The Labute approximate surface area is 190 Å². The summed E-state index contributed by atoms with van der Waals surface area (Å²) in [5.74, 6) is -0.819. The molecule has 2 aromatic carbocycles. The fourth-order valence-corrected chi connectivity index (χ4v) is 3.98. The number of alkyl halides is 3. The standard InChI is InChI=1S/C23H17F4N5O2/c1-31-18-10-11-32(22(33)13-6-8-14(9-7-13)23(25,26)27)12-16(18)19(30-31)21-29-28-20(34-21)15-4-2-3-5-17(15)24/h2-9H,10-12H2,1H3. The molecule has 0 radical (unpaired) electrons. The van der Waals surface area contributed by atoms with Crippen LogP contribution in [0.25, 0.3) is 23.0 Å². The number of rotatable bonds is 3. The number of amides is 1. The fraction of sp³-hybridized carbons (Fsp3) is 0.217. The maximum atomic E-state index is 14.1. The first-order chi connectivity index (χ1) is 16.2. The lowest BCUT2D eigenvalue weighted by atomic mass is 10.0. The van der Waals surface area contributed by atoms with Gasteiger partial charge in [-0.25, -0.2) is 4.39 Å². The van der Waals surface area contributed by atoms with Gasteiger partial charge >= 0.3 is 6.18 Å². The van der Waals surface area contributed by atoms with Crippen LogP contribution in [0.1, 0.15) is 27.2 Å². The van der Waals surface area contributed by atoms with Crippen LogP contribution in [0.5, 0.6) is 0 Å². The summed E-state index contributed by atoms with van der Waals surface area (Å²) in [5, 5.41) is 12.4. The summed E-state index contributed by atoms with van der Waals surface area (Å²) < 4.78 is 60.0. The van der Waals surface area contributed by atoms with Gasteiger partial charge in [-0.2, -0.15) is 18.3 Å². The third-order valence-corrected chi connectivity index (χ3v) is 5.72. The van der Waals surface area contributed by atoms with Crippen molar-refractivity contribution in [1.82, 2.24) is 24.9 Å². The minimum atomic E-state index is -4.47. The zero-order chi connectivity index (χ0) is 24.0. The van der Waals surface area contributed by atoms with Crippen LogP contribution in [0.3, 0.4) is 0 Å². The first-order valence-corrected chi connectivity index (χ1v) is 10.3. The Morgan fingerprint density at radius 2 is 1.74 bits per heavy atom. The van der Waals surface area contributed by atoms with Crippen LogP contribution in [0.15, 0.2) is 52.9 Å². The number of nitrogens with zero attached hydrogens (tertiary/aromatic N) is 5. The number of hydrogen-bond acceptors (Lipinski definition) is 5. The van der Waals surface area contributed by atoms with E-state index in [-0.39, 0.29) is 29.5 Å². The van der Waals surface area contributed by atoms with Crippen molar-refractivity contribution >= 4 is 5.91 Å². The third kappa shape index (κ3) is 3.82. The molecule has 174 valence electrons. The van der Waals surface area contributed by atoms with Gasteiger partial charge in [-0.05, 0) is 36.4 Å². The summed E-state index contributed by atoms with van der Waals surface area (Å²) in [6.45, 7) is 0.534. The second kappa shape index (κ2) is 8.08. The summed E-state index contributed by atoms with van der Waals surface area (Å²) in [6, 6.07) is 10.1. The summed E-state index contributed by atoms with van der Waals surface area (Å²) in [7, 11) is 1.75. The number of aryl methyl sites for hydroxylation is 1.